The van der Waals surface area contributed by atoms with Crippen molar-refractivity contribution in [2.45, 2.75) is 11.4 Å². The molecule has 0 aromatic heterocycles. The summed E-state index contributed by atoms with van der Waals surface area (Å²) in [6.07, 6.45) is 0. The Bertz CT molecular complexity index is 775. The van der Waals surface area contributed by atoms with Gasteiger partial charge in [-0.25, -0.2) is 0 Å². The Balaban J connectivity index is -0.0000000692. The molecule has 18 nitrogen and oxygen atoms in total. The third kappa shape index (κ3) is 17.7. The molecular formula is C3Cl6Cr4O18P6. The molecule has 0 unspecified atom stereocenters. The van der Waals surface area contributed by atoms with Gasteiger partial charge in [0.1, 0.15) is 0 Å². The fourth-order valence-electron chi connectivity index (χ4n) is 0.450. The average molecular weight is 931 g/mol. The molecule has 0 saturated heterocycles. The molecule has 0 aliphatic carbocycles. The van der Waals surface area contributed by atoms with Crippen molar-refractivity contribution in [3.63, 3.8) is 0 Å². The first-order valence-corrected chi connectivity index (χ1v) is 17.3. The van der Waals surface area contributed by atoms with Crippen molar-refractivity contribution in [3.8, 4) is 0 Å². The minimum Gasteiger partial charge on any atom is -0.808 e. The van der Waals surface area contributed by atoms with Gasteiger partial charge in [-0.2, -0.15) is 0 Å². The summed E-state index contributed by atoms with van der Waals surface area (Å²) in [6, 6.07) is 0. The van der Waals surface area contributed by atoms with Gasteiger partial charge >= 0.3 is 69.4 Å². The Labute approximate surface area is 279 Å². The minimum atomic E-state index is -5.85. The number of halogens is 6. The van der Waals surface area contributed by atoms with Gasteiger partial charge in [-0.1, -0.05) is 69.6 Å². The van der Waals surface area contributed by atoms with Gasteiger partial charge < -0.3 is 86.1 Å². The number of rotatable bonds is 6. The van der Waals surface area contributed by atoms with Crippen molar-refractivity contribution in [2.75, 3.05) is 0 Å². The fraction of sp³-hybridized carbons (Fsp3) is 1.00. The van der Waals surface area contributed by atoms with Crippen molar-refractivity contribution in [3.05, 3.63) is 0 Å². The zero-order chi connectivity index (χ0) is 28.5. The third-order valence-corrected chi connectivity index (χ3v) is 17.8. The first-order valence-electron chi connectivity index (χ1n) is 5.76. The molecule has 0 fully saturated rings. The van der Waals surface area contributed by atoms with Gasteiger partial charge in [-0.3, -0.25) is 0 Å². The second-order valence-electron chi connectivity index (χ2n) is 4.51. The molecule has 0 amide bonds. The number of alkyl halides is 6. The van der Waals surface area contributed by atoms with Gasteiger partial charge in [0.25, 0.3) is 0 Å². The van der Waals surface area contributed by atoms with Crippen LogP contribution in [-0.4, -0.2) is 11.4 Å². The van der Waals surface area contributed by atoms with Crippen LogP contribution in [0.1, 0.15) is 0 Å². The molecule has 0 aromatic rings. The first-order chi connectivity index (χ1) is 13.5. The van der Waals surface area contributed by atoms with E-state index in [1.165, 1.54) is 0 Å². The summed E-state index contributed by atoms with van der Waals surface area (Å²) in [5, 5.41) is 0. The molecule has 0 aliphatic heterocycles. The van der Waals surface area contributed by atoms with Crippen molar-refractivity contribution >= 4 is 115 Å². The molecule has 0 bridgehead atoms. The van der Waals surface area contributed by atoms with Gasteiger partial charge in [-0.05, 0) is 45.6 Å². The minimum absolute atomic E-state index is 0. The second-order valence-corrected chi connectivity index (χ2v) is 22.7. The van der Waals surface area contributed by atoms with Crippen LogP contribution in [0.3, 0.4) is 0 Å². The maximum atomic E-state index is 9.94. The summed E-state index contributed by atoms with van der Waals surface area (Å²) >= 11 is 26.9. The Morgan fingerprint density at radius 2 is 0.351 bits per heavy atom. The molecule has 0 aliphatic rings. The SMILES string of the molecule is O=P([O-])([O-])C(Cl)(Cl)P(=O)([O-])[O-].O=P([O-])([O-])C(Cl)(Cl)P(=O)([O-])[O-].O=P([O-])([O-])C(Cl)(Cl)P(=O)([O-])[O-].[Cr+3].[Cr+3].[Cr+3].[Cr+3]. The van der Waals surface area contributed by atoms with Crippen molar-refractivity contribution in [1.29, 1.82) is 0 Å². The van der Waals surface area contributed by atoms with Crippen LogP contribution in [0.2, 0.25) is 0 Å². The topological polar surface area (TPSA) is 379 Å². The first kappa shape index (κ1) is 57.4. The summed E-state index contributed by atoms with van der Waals surface area (Å²) < 4.78 is 48.2. The molecule has 0 spiro atoms. The van der Waals surface area contributed by atoms with Gasteiger partial charge in [0.15, 0.2) is 11.4 Å². The smallest absolute Gasteiger partial charge is 0.808 e. The van der Waals surface area contributed by atoms with Crippen molar-refractivity contribution in [1.82, 2.24) is 0 Å². The van der Waals surface area contributed by atoms with E-state index in [2.05, 4.69) is 69.6 Å². The standard InChI is InChI=1S/3CH4Cl2O6P2.4Cr/c3*2-1(3,10(4,5)6)11(7,8)9;;;;/h3*(H2,4,5,6)(H2,7,8,9);;;;/q;;;4*+3/p-12. The summed E-state index contributed by atoms with van der Waals surface area (Å²) in [5.74, 6) is 0. The molecule has 216 valence electrons. The second kappa shape index (κ2) is 18.7. The predicted octanol–water partition coefficient (Wildman–Crippen LogP) is -6.30. The van der Waals surface area contributed by atoms with Gasteiger partial charge in [0.2, 0.25) is 0 Å². The quantitative estimate of drug-likeness (QED) is 0.177. The van der Waals surface area contributed by atoms with Crippen molar-refractivity contribution < 1.29 is 156 Å². The van der Waals surface area contributed by atoms with E-state index >= 15 is 0 Å². The molecule has 0 saturated carbocycles. The number of hydrogen-bond acceptors (Lipinski definition) is 18. The molecule has 0 rings (SSSR count). The molecule has 34 heteroatoms. The monoisotopic (exact) mass is 927 g/mol. The summed E-state index contributed by atoms with van der Waals surface area (Å²) in [5.41, 5.74) is 0. The largest absolute Gasteiger partial charge is 3.00 e. The summed E-state index contributed by atoms with van der Waals surface area (Å²) in [6.45, 7) is 0. The van der Waals surface area contributed by atoms with Crippen LogP contribution >= 0.6 is 115 Å². The van der Waals surface area contributed by atoms with Crippen LogP contribution in [0, 0.1) is 0 Å². The van der Waals surface area contributed by atoms with Crippen molar-refractivity contribution in [2.24, 2.45) is 0 Å². The van der Waals surface area contributed by atoms with E-state index in [9.17, 15) is 86.1 Å². The molecule has 0 atom stereocenters. The van der Waals surface area contributed by atoms with E-state index in [1.54, 1.807) is 0 Å². The predicted molar refractivity (Wildman–Crippen MR) is 88.9 cm³/mol. The van der Waals surface area contributed by atoms with Crippen LogP contribution in [0.25, 0.3) is 0 Å². The van der Waals surface area contributed by atoms with Crippen LogP contribution in [0.4, 0.5) is 0 Å². The summed E-state index contributed by atoms with van der Waals surface area (Å²) in [4.78, 5) is 119. The van der Waals surface area contributed by atoms with E-state index < -0.39 is 57.0 Å². The molecule has 4 radical (unpaired) electrons. The van der Waals surface area contributed by atoms with E-state index in [0.717, 1.165) is 0 Å². The Morgan fingerprint density at radius 3 is 0.351 bits per heavy atom. The third-order valence-electron chi connectivity index (χ3n) is 1.98. The van der Waals surface area contributed by atoms with Crippen LogP contribution < -0.4 is 58.7 Å². The van der Waals surface area contributed by atoms with E-state index in [4.69, 9.17) is 0 Å². The molecular weight excluding hydrogens is 931 g/mol. The van der Waals surface area contributed by atoms with Gasteiger partial charge in [0, 0.05) is 0 Å². The molecule has 0 N–H and O–H groups in total. The van der Waals surface area contributed by atoms with E-state index in [0.29, 0.717) is 0 Å². The van der Waals surface area contributed by atoms with E-state index in [1.807, 2.05) is 0 Å². The summed E-state index contributed by atoms with van der Waals surface area (Å²) in [7, 11) is -35.1. The van der Waals surface area contributed by atoms with Crippen LogP contribution in [-0.2, 0) is 96.8 Å². The Morgan fingerprint density at radius 1 is 0.297 bits per heavy atom. The number of hydrogen-bond donors (Lipinski definition) is 0. The fourth-order valence-corrected chi connectivity index (χ4v) is 4.05. The maximum absolute atomic E-state index is 9.94. The molecule has 0 heterocycles. The zero-order valence-electron chi connectivity index (χ0n) is 15.4. The Hall–Kier alpha value is 4.77. The van der Waals surface area contributed by atoms with Crippen LogP contribution in [0.5, 0.6) is 0 Å². The van der Waals surface area contributed by atoms with Crippen LogP contribution in [0.15, 0.2) is 0 Å². The van der Waals surface area contributed by atoms with E-state index in [-0.39, 0.29) is 69.4 Å². The zero-order valence-corrected chi connectivity index (χ0v) is 30.4. The van der Waals surface area contributed by atoms with Gasteiger partial charge in [-0.15, -0.1) is 0 Å². The molecule has 0 aromatic carbocycles. The maximum Gasteiger partial charge on any atom is 3.00 e. The molecule has 37 heavy (non-hydrogen) atoms. The Kier molecular flexibility index (Phi) is 29.0. The normalized spacial score (nSPS) is 13.5. The average Bonchev–Trinajstić information content (AvgIpc) is 2.41. The van der Waals surface area contributed by atoms with Gasteiger partial charge in [0.05, 0.1) is 0 Å².